The predicted molar refractivity (Wildman–Crippen MR) is 48.0 cm³/mol. The van der Waals surface area contributed by atoms with Crippen molar-refractivity contribution in [1.29, 1.82) is 0 Å². The lowest BCUT2D eigenvalue weighted by Crippen LogP contribution is -1.77. The molecule has 1 nitrogen and oxygen atoms in total. The van der Waals surface area contributed by atoms with Crippen molar-refractivity contribution < 1.29 is 0 Å². The highest BCUT2D eigenvalue weighted by Crippen LogP contribution is 2.24. The molecule has 0 saturated carbocycles. The average Bonchev–Trinajstić information content (AvgIpc) is 2.34. The Morgan fingerprint density at radius 1 is 1.60 bits per heavy atom. The average molecular weight is 173 g/mol. The Hall–Kier alpha value is -0.0200. The van der Waals surface area contributed by atoms with E-state index in [2.05, 4.69) is 30.5 Å². The van der Waals surface area contributed by atoms with Crippen LogP contribution in [0, 0.1) is 0 Å². The van der Waals surface area contributed by atoms with E-state index in [9.17, 15) is 0 Å². The summed E-state index contributed by atoms with van der Waals surface area (Å²) >= 11 is 3.32. The maximum absolute atomic E-state index is 4.26. The van der Waals surface area contributed by atoms with E-state index in [1.165, 1.54) is 4.88 Å². The van der Waals surface area contributed by atoms with Crippen LogP contribution < -0.4 is 0 Å². The fourth-order valence-electron chi connectivity index (χ4n) is 0.640. The molecular weight excluding hydrogens is 162 g/mol. The van der Waals surface area contributed by atoms with Crippen molar-refractivity contribution in [3.63, 3.8) is 0 Å². The zero-order valence-corrected chi connectivity index (χ0v) is 8.05. The molecule has 0 spiro atoms. The van der Waals surface area contributed by atoms with E-state index in [0.29, 0.717) is 5.92 Å². The minimum atomic E-state index is 0.624. The largest absolute Gasteiger partial charge is 0.186 e. The lowest BCUT2D eigenvalue weighted by molar-refractivity contribution is 0.887. The van der Waals surface area contributed by atoms with Crippen LogP contribution in [0.1, 0.15) is 24.6 Å². The van der Waals surface area contributed by atoms with Gasteiger partial charge in [0.05, 0.1) is 0 Å². The maximum atomic E-state index is 4.26. The fraction of sp³-hybridized carbons (Fsp3) is 0.571. The van der Waals surface area contributed by atoms with Crippen molar-refractivity contribution in [3.05, 3.63) is 10.9 Å². The third-order valence-corrected chi connectivity index (χ3v) is 3.12. The second-order valence-electron chi connectivity index (χ2n) is 2.43. The molecule has 0 bridgehead atoms. The van der Waals surface area contributed by atoms with E-state index >= 15 is 0 Å². The normalized spacial score (nSPS) is 10.8. The first kappa shape index (κ1) is 8.08. The lowest BCUT2D eigenvalue weighted by atomic mass is 10.2. The summed E-state index contributed by atoms with van der Waals surface area (Å²) in [6.45, 7) is 4.38. The van der Waals surface area contributed by atoms with E-state index < -0.39 is 0 Å². The summed E-state index contributed by atoms with van der Waals surface area (Å²) in [4.78, 5) is 1.38. The summed E-state index contributed by atoms with van der Waals surface area (Å²) in [5.41, 5.74) is 0. The first-order valence-electron chi connectivity index (χ1n) is 3.24. The Morgan fingerprint density at radius 3 is 2.60 bits per heavy atom. The molecule has 0 aromatic carbocycles. The smallest absolute Gasteiger partial charge is 0.110 e. The number of hydrogen-bond donors (Lipinski definition) is 0. The summed E-state index contributed by atoms with van der Waals surface area (Å²) in [6, 6.07) is 2.17. The van der Waals surface area contributed by atoms with Gasteiger partial charge in [-0.1, -0.05) is 13.8 Å². The van der Waals surface area contributed by atoms with Gasteiger partial charge in [0.2, 0.25) is 0 Å². The van der Waals surface area contributed by atoms with Crippen LogP contribution >= 0.6 is 23.3 Å². The summed E-state index contributed by atoms with van der Waals surface area (Å²) in [7, 11) is 0. The highest BCUT2D eigenvalue weighted by Gasteiger charge is 2.03. The Bertz CT molecular complexity index is 205. The Kier molecular flexibility index (Phi) is 2.74. The van der Waals surface area contributed by atoms with Gasteiger partial charge in [-0.05, 0) is 29.8 Å². The Morgan fingerprint density at radius 2 is 2.30 bits per heavy atom. The molecule has 10 heavy (non-hydrogen) atoms. The highest BCUT2D eigenvalue weighted by atomic mass is 32.2. The molecule has 0 unspecified atom stereocenters. The van der Waals surface area contributed by atoms with E-state index in [1.54, 1.807) is 23.3 Å². The van der Waals surface area contributed by atoms with Gasteiger partial charge in [0.15, 0.2) is 0 Å². The van der Waals surface area contributed by atoms with Crippen LogP contribution in [0.3, 0.4) is 0 Å². The van der Waals surface area contributed by atoms with Crippen molar-refractivity contribution in [2.45, 2.75) is 24.8 Å². The van der Waals surface area contributed by atoms with E-state index in [0.717, 1.165) is 5.03 Å². The van der Waals surface area contributed by atoms with Gasteiger partial charge in [0, 0.05) is 4.88 Å². The minimum Gasteiger partial charge on any atom is -0.186 e. The monoisotopic (exact) mass is 173 g/mol. The van der Waals surface area contributed by atoms with Crippen molar-refractivity contribution in [2.24, 2.45) is 0 Å². The highest BCUT2D eigenvalue weighted by molar-refractivity contribution is 7.98. The lowest BCUT2D eigenvalue weighted by Gasteiger charge is -1.94. The van der Waals surface area contributed by atoms with Gasteiger partial charge < -0.3 is 0 Å². The molecule has 1 heterocycles. The summed E-state index contributed by atoms with van der Waals surface area (Å²) in [6.07, 6.45) is 2.05. The zero-order valence-electron chi connectivity index (χ0n) is 6.42. The molecule has 1 rings (SSSR count). The fourth-order valence-corrected chi connectivity index (χ4v) is 1.99. The molecule has 56 valence electrons. The molecule has 0 N–H and O–H groups in total. The van der Waals surface area contributed by atoms with Gasteiger partial charge >= 0.3 is 0 Å². The molecule has 1 aromatic heterocycles. The molecule has 0 aliphatic heterocycles. The molecule has 0 aliphatic rings. The van der Waals surface area contributed by atoms with Crippen LogP contribution in [-0.4, -0.2) is 10.6 Å². The number of rotatable bonds is 2. The molecule has 0 atom stereocenters. The van der Waals surface area contributed by atoms with Gasteiger partial charge in [-0.15, -0.1) is 11.8 Å². The Balaban J connectivity index is 2.78. The van der Waals surface area contributed by atoms with Crippen molar-refractivity contribution in [1.82, 2.24) is 4.37 Å². The van der Waals surface area contributed by atoms with Gasteiger partial charge in [-0.3, -0.25) is 0 Å². The van der Waals surface area contributed by atoms with E-state index in [1.807, 2.05) is 0 Å². The summed E-state index contributed by atoms with van der Waals surface area (Å²) < 4.78 is 4.26. The third kappa shape index (κ3) is 1.73. The molecule has 0 radical (unpaired) electrons. The second-order valence-corrected chi connectivity index (χ2v) is 4.09. The number of nitrogens with zero attached hydrogens (tertiary/aromatic N) is 1. The van der Waals surface area contributed by atoms with Crippen LogP contribution in [-0.2, 0) is 0 Å². The van der Waals surface area contributed by atoms with Gasteiger partial charge in [-0.2, -0.15) is 4.37 Å². The van der Waals surface area contributed by atoms with E-state index in [-0.39, 0.29) is 0 Å². The van der Waals surface area contributed by atoms with Gasteiger partial charge in [0.25, 0.3) is 0 Å². The van der Waals surface area contributed by atoms with Crippen LogP contribution in [0.5, 0.6) is 0 Å². The molecule has 3 heteroatoms. The number of thioether (sulfide) groups is 1. The van der Waals surface area contributed by atoms with Gasteiger partial charge in [-0.25, -0.2) is 0 Å². The standard InChI is InChI=1S/C7H11NS2/c1-5(2)6-4-7(9-3)8-10-6/h4-5H,1-3H3. The van der Waals surface area contributed by atoms with Crippen molar-refractivity contribution in [3.8, 4) is 0 Å². The molecule has 0 saturated heterocycles. The molecular formula is C7H11NS2. The molecule has 0 fully saturated rings. The summed E-state index contributed by atoms with van der Waals surface area (Å²) in [5, 5.41) is 1.15. The zero-order chi connectivity index (χ0) is 7.56. The van der Waals surface area contributed by atoms with Crippen LogP contribution in [0.15, 0.2) is 11.1 Å². The predicted octanol–water partition coefficient (Wildman–Crippen LogP) is 2.99. The third-order valence-electron chi connectivity index (χ3n) is 1.28. The van der Waals surface area contributed by atoms with Crippen LogP contribution in [0.4, 0.5) is 0 Å². The van der Waals surface area contributed by atoms with Gasteiger partial charge in [0.1, 0.15) is 5.03 Å². The van der Waals surface area contributed by atoms with Crippen molar-refractivity contribution in [2.75, 3.05) is 6.26 Å². The maximum Gasteiger partial charge on any atom is 0.110 e. The first-order chi connectivity index (χ1) is 4.74. The molecule has 0 aliphatic carbocycles. The van der Waals surface area contributed by atoms with Crippen molar-refractivity contribution >= 4 is 23.3 Å². The SMILES string of the molecule is CSc1cc(C(C)C)sn1. The molecule has 0 amide bonds. The number of aromatic nitrogens is 1. The second kappa shape index (κ2) is 3.39. The number of hydrogen-bond acceptors (Lipinski definition) is 3. The topological polar surface area (TPSA) is 12.9 Å². The summed E-state index contributed by atoms with van der Waals surface area (Å²) in [5.74, 6) is 0.624. The van der Waals surface area contributed by atoms with E-state index in [4.69, 9.17) is 0 Å². The first-order valence-corrected chi connectivity index (χ1v) is 5.24. The van der Waals surface area contributed by atoms with Crippen LogP contribution in [0.2, 0.25) is 0 Å². The minimum absolute atomic E-state index is 0.624. The van der Waals surface area contributed by atoms with Crippen LogP contribution in [0.25, 0.3) is 0 Å². The Labute approximate surface area is 70.0 Å². The quantitative estimate of drug-likeness (QED) is 0.638. The molecule has 1 aromatic rings.